The van der Waals surface area contributed by atoms with Gasteiger partial charge in [-0.2, -0.15) is 0 Å². The number of amides is 4. The molecule has 3 aliphatic rings. The molecule has 166 valence electrons. The number of nitrogens with zero attached hydrogens (tertiary/aromatic N) is 2. The third-order valence-electron chi connectivity index (χ3n) is 6.81. The molecule has 31 heavy (non-hydrogen) atoms. The Balaban J connectivity index is 1.59. The minimum atomic E-state index is -0.706. The van der Waals surface area contributed by atoms with Crippen LogP contribution in [0, 0.1) is 11.8 Å². The Hall–Kier alpha value is -2.83. The van der Waals surface area contributed by atoms with E-state index < -0.39 is 11.7 Å². The molecule has 2 fully saturated rings. The van der Waals surface area contributed by atoms with Crippen LogP contribution in [0.2, 0.25) is 0 Å². The Morgan fingerprint density at radius 3 is 2.35 bits per heavy atom. The number of ether oxygens (including phenoxy) is 1. The van der Waals surface area contributed by atoms with Crippen LogP contribution >= 0.6 is 0 Å². The van der Waals surface area contributed by atoms with Crippen molar-refractivity contribution < 1.29 is 19.1 Å². The van der Waals surface area contributed by atoms with Crippen LogP contribution in [-0.4, -0.2) is 41.6 Å². The lowest BCUT2D eigenvalue weighted by molar-refractivity contribution is -0.142. The topological polar surface area (TPSA) is 79.0 Å². The summed E-state index contributed by atoms with van der Waals surface area (Å²) in [7, 11) is 1.61. The molecule has 7 nitrogen and oxygen atoms in total. The minimum absolute atomic E-state index is 0.152. The molecular formula is C24H31N3O4. The fourth-order valence-corrected chi connectivity index (χ4v) is 5.38. The van der Waals surface area contributed by atoms with Crippen molar-refractivity contribution in [1.82, 2.24) is 10.2 Å². The average molecular weight is 426 g/mol. The van der Waals surface area contributed by atoms with Crippen molar-refractivity contribution in [3.05, 3.63) is 29.8 Å². The Bertz CT molecular complexity index is 944. The van der Waals surface area contributed by atoms with Gasteiger partial charge >= 0.3 is 6.03 Å². The van der Waals surface area contributed by atoms with E-state index in [1.807, 2.05) is 45.0 Å². The quantitative estimate of drug-likeness (QED) is 0.745. The second-order valence-corrected chi connectivity index (χ2v) is 9.37. The van der Waals surface area contributed by atoms with Gasteiger partial charge in [0.2, 0.25) is 11.8 Å². The molecule has 1 aromatic rings. The number of anilines is 1. The Morgan fingerprint density at radius 1 is 1.16 bits per heavy atom. The number of carbonyl (C=O) groups is 3. The van der Waals surface area contributed by atoms with Crippen LogP contribution in [0.1, 0.15) is 58.9 Å². The van der Waals surface area contributed by atoms with Gasteiger partial charge in [-0.1, -0.05) is 18.9 Å². The number of benzene rings is 1. The van der Waals surface area contributed by atoms with E-state index in [1.165, 1.54) is 4.90 Å². The standard InChI is InChI=1S/C24H31N3O4/c1-14-13-24(3,4)27(20-11-10-16(31-5)12-19(14)20)23(30)25-15(2)26-21(28)17-8-6-7-9-18(17)22(26)29/h10-13,15,17-18H,6-9H2,1-5H3,(H,25,30)/t15-,17-,18+/m0/s1. The maximum absolute atomic E-state index is 13.4. The van der Waals surface area contributed by atoms with Gasteiger partial charge in [0.05, 0.1) is 30.2 Å². The number of imide groups is 1. The molecule has 0 bridgehead atoms. The molecule has 1 saturated carbocycles. The van der Waals surface area contributed by atoms with Crippen LogP contribution in [0.25, 0.3) is 5.57 Å². The normalized spacial score (nSPS) is 25.5. The largest absolute Gasteiger partial charge is 0.497 e. The van der Waals surface area contributed by atoms with Crippen LogP contribution in [-0.2, 0) is 9.59 Å². The molecule has 0 unspecified atom stereocenters. The molecule has 1 saturated heterocycles. The summed E-state index contributed by atoms with van der Waals surface area (Å²) in [6, 6.07) is 5.27. The SMILES string of the molecule is COc1ccc2c(c1)C(C)=CC(C)(C)N2C(=O)N[C@H](C)N1C(=O)[C@H]2CCCC[C@H]2C1=O. The predicted molar refractivity (Wildman–Crippen MR) is 118 cm³/mol. The molecule has 2 heterocycles. The van der Waals surface area contributed by atoms with Crippen molar-refractivity contribution in [2.24, 2.45) is 11.8 Å². The summed E-state index contributed by atoms with van der Waals surface area (Å²) in [5.41, 5.74) is 2.16. The Morgan fingerprint density at radius 2 is 1.77 bits per heavy atom. The highest BCUT2D eigenvalue weighted by molar-refractivity contribution is 6.06. The molecule has 1 aliphatic carbocycles. The van der Waals surface area contributed by atoms with Crippen molar-refractivity contribution >= 4 is 29.1 Å². The summed E-state index contributed by atoms with van der Waals surface area (Å²) in [4.78, 5) is 42.2. The van der Waals surface area contributed by atoms with Gasteiger partial charge in [0.15, 0.2) is 0 Å². The zero-order valence-electron chi connectivity index (χ0n) is 18.9. The molecule has 0 spiro atoms. The Labute approximate surface area is 183 Å². The number of hydrogen-bond acceptors (Lipinski definition) is 4. The highest BCUT2D eigenvalue weighted by Gasteiger charge is 2.50. The van der Waals surface area contributed by atoms with Crippen LogP contribution in [0.3, 0.4) is 0 Å². The van der Waals surface area contributed by atoms with E-state index in [9.17, 15) is 14.4 Å². The molecule has 0 aromatic heterocycles. The molecule has 4 rings (SSSR count). The maximum atomic E-state index is 13.4. The van der Waals surface area contributed by atoms with Crippen LogP contribution in [0.4, 0.5) is 10.5 Å². The van der Waals surface area contributed by atoms with Gasteiger partial charge in [0.1, 0.15) is 11.9 Å². The molecule has 2 aliphatic heterocycles. The zero-order chi connectivity index (χ0) is 22.5. The highest BCUT2D eigenvalue weighted by atomic mass is 16.5. The molecule has 7 heteroatoms. The van der Waals surface area contributed by atoms with Gasteiger partial charge in [0.25, 0.3) is 0 Å². The lowest BCUT2D eigenvalue weighted by atomic mass is 9.81. The molecule has 3 atom stereocenters. The Kier molecular flexibility index (Phi) is 5.31. The fourth-order valence-electron chi connectivity index (χ4n) is 5.38. The van der Waals surface area contributed by atoms with E-state index in [0.29, 0.717) is 0 Å². The summed E-state index contributed by atoms with van der Waals surface area (Å²) in [5.74, 6) is -0.0463. The van der Waals surface area contributed by atoms with E-state index in [2.05, 4.69) is 5.32 Å². The summed E-state index contributed by atoms with van der Waals surface area (Å²) in [5, 5.41) is 2.91. The lowest BCUT2D eigenvalue weighted by Crippen LogP contribution is -2.58. The van der Waals surface area contributed by atoms with Crippen molar-refractivity contribution in [1.29, 1.82) is 0 Å². The smallest absolute Gasteiger partial charge is 0.324 e. The van der Waals surface area contributed by atoms with Crippen molar-refractivity contribution in [2.45, 2.75) is 65.1 Å². The number of hydrogen-bond donors (Lipinski definition) is 1. The molecule has 4 amide bonds. The summed E-state index contributed by atoms with van der Waals surface area (Å²) < 4.78 is 5.35. The van der Waals surface area contributed by atoms with Crippen molar-refractivity contribution in [3.8, 4) is 5.75 Å². The lowest BCUT2D eigenvalue weighted by Gasteiger charge is -2.42. The third kappa shape index (κ3) is 3.50. The predicted octanol–water partition coefficient (Wildman–Crippen LogP) is 3.93. The number of carbonyl (C=O) groups excluding carboxylic acids is 3. The summed E-state index contributed by atoms with van der Waals surface area (Å²) in [6.45, 7) is 7.66. The van der Waals surface area contributed by atoms with E-state index in [4.69, 9.17) is 4.74 Å². The van der Waals surface area contributed by atoms with Gasteiger partial charge < -0.3 is 10.1 Å². The summed E-state index contributed by atoms with van der Waals surface area (Å²) in [6.07, 6.45) is 4.79. The van der Waals surface area contributed by atoms with Crippen molar-refractivity contribution in [2.75, 3.05) is 12.0 Å². The van der Waals surface area contributed by atoms with Crippen LogP contribution in [0.15, 0.2) is 24.3 Å². The molecule has 0 radical (unpaired) electrons. The van der Waals surface area contributed by atoms with E-state index >= 15 is 0 Å². The second-order valence-electron chi connectivity index (χ2n) is 9.37. The number of fused-ring (bicyclic) bond motifs is 2. The number of urea groups is 1. The number of rotatable bonds is 3. The fraction of sp³-hybridized carbons (Fsp3) is 0.542. The highest BCUT2D eigenvalue weighted by Crippen LogP contribution is 2.41. The number of likely N-dealkylation sites (tertiary alicyclic amines) is 1. The first-order valence-corrected chi connectivity index (χ1v) is 11.0. The molecule has 1 N–H and O–H groups in total. The van der Waals surface area contributed by atoms with Gasteiger partial charge in [-0.15, -0.1) is 0 Å². The van der Waals surface area contributed by atoms with E-state index in [1.54, 1.807) is 18.9 Å². The number of nitrogens with one attached hydrogen (secondary N) is 1. The molecule has 1 aromatic carbocycles. The average Bonchev–Trinajstić information content (AvgIpc) is 2.97. The first-order valence-electron chi connectivity index (χ1n) is 11.0. The van der Waals surface area contributed by atoms with Gasteiger partial charge in [-0.25, -0.2) is 4.79 Å². The van der Waals surface area contributed by atoms with Gasteiger partial charge in [-0.05, 0) is 64.3 Å². The van der Waals surface area contributed by atoms with Gasteiger partial charge in [-0.3, -0.25) is 19.4 Å². The second kappa shape index (κ2) is 7.70. The van der Waals surface area contributed by atoms with Gasteiger partial charge in [0, 0.05) is 5.56 Å². The van der Waals surface area contributed by atoms with E-state index in [-0.39, 0.29) is 29.7 Å². The third-order valence-corrected chi connectivity index (χ3v) is 6.81. The summed E-state index contributed by atoms with van der Waals surface area (Å²) >= 11 is 0. The maximum Gasteiger partial charge on any atom is 0.324 e. The number of methoxy groups -OCH3 is 1. The molecular weight excluding hydrogens is 394 g/mol. The van der Waals surface area contributed by atoms with E-state index in [0.717, 1.165) is 48.3 Å². The zero-order valence-corrected chi connectivity index (χ0v) is 18.9. The first kappa shape index (κ1) is 21.4. The first-order chi connectivity index (χ1) is 14.7. The number of allylic oxidation sites excluding steroid dienone is 1. The monoisotopic (exact) mass is 425 g/mol. The van der Waals surface area contributed by atoms with Crippen LogP contribution in [0.5, 0.6) is 5.75 Å². The minimum Gasteiger partial charge on any atom is -0.497 e. The van der Waals surface area contributed by atoms with Crippen LogP contribution < -0.4 is 15.0 Å². The van der Waals surface area contributed by atoms with Crippen molar-refractivity contribution in [3.63, 3.8) is 0 Å².